The number of aromatic nitrogens is 2. The summed E-state index contributed by atoms with van der Waals surface area (Å²) in [5.74, 6) is -0.642. The number of hydrogen-bond donors (Lipinski definition) is 2. The molecule has 0 fully saturated rings. The fourth-order valence-corrected chi connectivity index (χ4v) is 3.63. The second-order valence-electron chi connectivity index (χ2n) is 6.39. The highest BCUT2D eigenvalue weighted by Gasteiger charge is 2.15. The molecule has 0 aliphatic carbocycles. The highest BCUT2D eigenvalue weighted by molar-refractivity contribution is 7.99. The number of carbonyl (C=O) groups excluding carboxylic acids is 2. The van der Waals surface area contributed by atoms with E-state index in [9.17, 15) is 14.7 Å². The zero-order chi connectivity index (χ0) is 21.3. The number of amides is 1. The standard InChI is InChI=1S/C22H23N3O4S/c1-2-29-21(28)18-10-6-7-11-19(18)24-20(27)15-30-22-23-17(14-26)13-25(22)12-16-8-4-3-5-9-16/h3-11,13,26H,2,12,14-15H2,1H3,(H,24,27). The van der Waals surface area contributed by atoms with Gasteiger partial charge in [0.25, 0.3) is 0 Å². The summed E-state index contributed by atoms with van der Waals surface area (Å²) < 4.78 is 6.94. The van der Waals surface area contributed by atoms with Gasteiger partial charge in [-0.1, -0.05) is 54.2 Å². The van der Waals surface area contributed by atoms with Crippen LogP contribution in [0.1, 0.15) is 28.5 Å². The van der Waals surface area contributed by atoms with E-state index in [0.29, 0.717) is 28.6 Å². The van der Waals surface area contributed by atoms with Gasteiger partial charge in [0, 0.05) is 12.7 Å². The lowest BCUT2D eigenvalue weighted by molar-refractivity contribution is -0.113. The van der Waals surface area contributed by atoms with Gasteiger partial charge in [0.2, 0.25) is 5.91 Å². The second-order valence-corrected chi connectivity index (χ2v) is 7.33. The number of aliphatic hydroxyl groups is 1. The fraction of sp³-hybridized carbons (Fsp3) is 0.227. The zero-order valence-electron chi connectivity index (χ0n) is 16.6. The molecule has 1 aromatic heterocycles. The molecule has 8 heteroatoms. The molecule has 0 saturated heterocycles. The third kappa shape index (κ3) is 5.71. The maximum Gasteiger partial charge on any atom is 0.340 e. The van der Waals surface area contributed by atoms with E-state index in [-0.39, 0.29) is 24.9 Å². The number of aliphatic hydroxyl groups excluding tert-OH is 1. The summed E-state index contributed by atoms with van der Waals surface area (Å²) in [6.45, 7) is 2.40. The Morgan fingerprint density at radius 2 is 1.87 bits per heavy atom. The van der Waals surface area contributed by atoms with E-state index in [1.807, 2.05) is 34.9 Å². The van der Waals surface area contributed by atoms with E-state index in [2.05, 4.69) is 10.3 Å². The quantitative estimate of drug-likeness (QED) is 0.403. The third-order valence-corrected chi connectivity index (χ3v) is 5.17. The number of nitrogens with one attached hydrogen (secondary N) is 1. The first kappa shape index (κ1) is 21.6. The van der Waals surface area contributed by atoms with Crippen molar-refractivity contribution >= 4 is 29.3 Å². The van der Waals surface area contributed by atoms with Gasteiger partial charge in [-0.15, -0.1) is 0 Å². The molecule has 156 valence electrons. The smallest absolute Gasteiger partial charge is 0.340 e. The molecule has 7 nitrogen and oxygen atoms in total. The van der Waals surface area contributed by atoms with Crippen LogP contribution in [0, 0.1) is 0 Å². The molecule has 2 aromatic carbocycles. The minimum absolute atomic E-state index is 0.105. The number of imidazole rings is 1. The summed E-state index contributed by atoms with van der Waals surface area (Å²) in [7, 11) is 0. The molecule has 3 aromatic rings. The Kier molecular flexibility index (Phi) is 7.64. The molecule has 0 saturated carbocycles. The number of para-hydroxylation sites is 1. The lowest BCUT2D eigenvalue weighted by Crippen LogP contribution is -2.17. The monoisotopic (exact) mass is 425 g/mol. The summed E-state index contributed by atoms with van der Waals surface area (Å²) in [4.78, 5) is 29.0. The number of nitrogens with zero attached hydrogens (tertiary/aromatic N) is 2. The van der Waals surface area contributed by atoms with Crippen molar-refractivity contribution < 1.29 is 19.4 Å². The molecule has 0 unspecified atom stereocenters. The molecule has 2 N–H and O–H groups in total. The van der Waals surface area contributed by atoms with Crippen molar-refractivity contribution in [1.82, 2.24) is 9.55 Å². The van der Waals surface area contributed by atoms with Crippen molar-refractivity contribution in [3.05, 3.63) is 77.6 Å². The minimum Gasteiger partial charge on any atom is -0.462 e. The molecule has 3 rings (SSSR count). The van der Waals surface area contributed by atoms with Crippen LogP contribution in [0.5, 0.6) is 0 Å². The first-order valence-corrected chi connectivity index (χ1v) is 10.5. The average molecular weight is 426 g/mol. The molecular weight excluding hydrogens is 402 g/mol. The van der Waals surface area contributed by atoms with Gasteiger partial charge in [0.1, 0.15) is 0 Å². The highest BCUT2D eigenvalue weighted by atomic mass is 32.2. The molecule has 0 bridgehead atoms. The number of ether oxygens (including phenoxy) is 1. The number of rotatable bonds is 9. The van der Waals surface area contributed by atoms with E-state index in [1.54, 1.807) is 37.4 Å². The molecule has 1 amide bonds. The van der Waals surface area contributed by atoms with Crippen LogP contribution in [0.4, 0.5) is 5.69 Å². The maximum absolute atomic E-state index is 12.5. The first-order valence-electron chi connectivity index (χ1n) is 9.50. The Balaban J connectivity index is 1.67. The van der Waals surface area contributed by atoms with Crippen LogP contribution in [0.25, 0.3) is 0 Å². The van der Waals surface area contributed by atoms with E-state index >= 15 is 0 Å². The van der Waals surface area contributed by atoms with Gasteiger partial charge in [-0.05, 0) is 24.6 Å². The Labute approximate surface area is 179 Å². The number of hydrogen-bond acceptors (Lipinski definition) is 6. The number of benzene rings is 2. The summed E-state index contributed by atoms with van der Waals surface area (Å²) in [5, 5.41) is 12.8. The second kappa shape index (κ2) is 10.6. The minimum atomic E-state index is -0.480. The van der Waals surface area contributed by atoms with Gasteiger partial charge in [-0.25, -0.2) is 9.78 Å². The Hall–Kier alpha value is -3.10. The van der Waals surface area contributed by atoms with Crippen LogP contribution in [0.2, 0.25) is 0 Å². The van der Waals surface area contributed by atoms with Gasteiger partial charge in [-0.3, -0.25) is 4.79 Å². The maximum atomic E-state index is 12.5. The summed E-state index contributed by atoms with van der Waals surface area (Å²) in [6, 6.07) is 16.6. The predicted octanol–water partition coefficient (Wildman–Crippen LogP) is 3.33. The van der Waals surface area contributed by atoms with Crippen molar-refractivity contribution in [2.75, 3.05) is 17.7 Å². The van der Waals surface area contributed by atoms with Crippen molar-refractivity contribution in [3.8, 4) is 0 Å². The molecule has 0 radical (unpaired) electrons. The van der Waals surface area contributed by atoms with Crippen molar-refractivity contribution in [1.29, 1.82) is 0 Å². The molecule has 0 spiro atoms. The number of carbonyl (C=O) groups is 2. The van der Waals surface area contributed by atoms with Gasteiger partial charge < -0.3 is 19.7 Å². The lowest BCUT2D eigenvalue weighted by Gasteiger charge is -2.11. The van der Waals surface area contributed by atoms with Crippen LogP contribution in [0.15, 0.2) is 66.0 Å². The molecule has 0 aliphatic rings. The van der Waals surface area contributed by atoms with Crippen LogP contribution in [-0.2, 0) is 22.7 Å². The van der Waals surface area contributed by atoms with Crippen LogP contribution in [-0.4, -0.2) is 38.9 Å². The Morgan fingerprint density at radius 1 is 1.13 bits per heavy atom. The van der Waals surface area contributed by atoms with Gasteiger partial charge >= 0.3 is 5.97 Å². The highest BCUT2D eigenvalue weighted by Crippen LogP contribution is 2.21. The van der Waals surface area contributed by atoms with E-state index < -0.39 is 5.97 Å². The normalized spacial score (nSPS) is 10.6. The van der Waals surface area contributed by atoms with Crippen molar-refractivity contribution in [3.63, 3.8) is 0 Å². The fourth-order valence-electron chi connectivity index (χ4n) is 2.83. The summed E-state index contributed by atoms with van der Waals surface area (Å²) >= 11 is 1.27. The number of esters is 1. The average Bonchev–Trinajstić information content (AvgIpc) is 3.15. The first-order chi connectivity index (χ1) is 14.6. The van der Waals surface area contributed by atoms with Gasteiger partial charge in [0.15, 0.2) is 5.16 Å². The molecule has 0 aliphatic heterocycles. The third-order valence-electron chi connectivity index (χ3n) is 4.18. The lowest BCUT2D eigenvalue weighted by atomic mass is 10.2. The predicted molar refractivity (Wildman–Crippen MR) is 115 cm³/mol. The van der Waals surface area contributed by atoms with Crippen LogP contribution >= 0.6 is 11.8 Å². The molecular formula is C22H23N3O4S. The largest absolute Gasteiger partial charge is 0.462 e. The zero-order valence-corrected chi connectivity index (χ0v) is 17.4. The van der Waals surface area contributed by atoms with Crippen LogP contribution in [0.3, 0.4) is 0 Å². The summed E-state index contributed by atoms with van der Waals surface area (Å²) in [5.41, 5.74) is 2.35. The molecule has 1 heterocycles. The Morgan fingerprint density at radius 3 is 2.60 bits per heavy atom. The number of thioether (sulfide) groups is 1. The van der Waals surface area contributed by atoms with E-state index in [1.165, 1.54) is 11.8 Å². The van der Waals surface area contributed by atoms with E-state index in [4.69, 9.17) is 4.74 Å². The van der Waals surface area contributed by atoms with Gasteiger partial charge in [0.05, 0.1) is 35.9 Å². The topological polar surface area (TPSA) is 93.4 Å². The van der Waals surface area contributed by atoms with Crippen molar-refractivity contribution in [2.24, 2.45) is 0 Å². The Bertz CT molecular complexity index is 1000. The number of anilines is 1. The van der Waals surface area contributed by atoms with Crippen LogP contribution < -0.4 is 5.32 Å². The van der Waals surface area contributed by atoms with Gasteiger partial charge in [-0.2, -0.15) is 0 Å². The van der Waals surface area contributed by atoms with Crippen molar-refractivity contribution in [2.45, 2.75) is 25.2 Å². The SMILES string of the molecule is CCOC(=O)c1ccccc1NC(=O)CSc1nc(CO)cn1Cc1ccccc1. The van der Waals surface area contributed by atoms with E-state index in [0.717, 1.165) is 5.56 Å². The molecule has 30 heavy (non-hydrogen) atoms. The summed E-state index contributed by atoms with van der Waals surface area (Å²) in [6.07, 6.45) is 1.78. The molecule has 0 atom stereocenters.